The SMILES string of the molecule is C=Cc1ccc(C(=O)C2CC3CCCC(C2)S3(=O)=O)cc1. The quantitative estimate of drug-likeness (QED) is 0.805. The lowest BCUT2D eigenvalue weighted by Crippen LogP contribution is -2.45. The van der Waals surface area contributed by atoms with Gasteiger partial charge in [-0.2, -0.15) is 0 Å². The molecule has 21 heavy (non-hydrogen) atoms. The molecule has 1 aromatic carbocycles. The Bertz CT molecular complexity index is 638. The first-order chi connectivity index (χ1) is 10.0. The lowest BCUT2D eigenvalue weighted by atomic mass is 9.84. The number of benzene rings is 1. The first-order valence-corrected chi connectivity index (χ1v) is 9.12. The van der Waals surface area contributed by atoms with Gasteiger partial charge in [-0.15, -0.1) is 0 Å². The smallest absolute Gasteiger partial charge is 0.166 e. The summed E-state index contributed by atoms with van der Waals surface area (Å²) in [7, 11) is -2.99. The average molecular weight is 304 g/mol. The largest absolute Gasteiger partial charge is 0.294 e. The van der Waals surface area contributed by atoms with Crippen molar-refractivity contribution in [1.29, 1.82) is 0 Å². The molecule has 0 amide bonds. The first kappa shape index (κ1) is 14.5. The molecule has 0 aromatic heterocycles. The van der Waals surface area contributed by atoms with Crippen molar-refractivity contribution in [1.82, 2.24) is 0 Å². The van der Waals surface area contributed by atoms with E-state index in [9.17, 15) is 13.2 Å². The van der Waals surface area contributed by atoms with Crippen LogP contribution in [0.4, 0.5) is 0 Å². The molecule has 3 nitrogen and oxygen atoms in total. The van der Waals surface area contributed by atoms with Gasteiger partial charge in [-0.1, -0.05) is 43.3 Å². The highest BCUT2D eigenvalue weighted by atomic mass is 32.2. The van der Waals surface area contributed by atoms with Crippen molar-refractivity contribution in [2.24, 2.45) is 5.92 Å². The Hall–Kier alpha value is -1.42. The van der Waals surface area contributed by atoms with Gasteiger partial charge in [-0.25, -0.2) is 8.42 Å². The van der Waals surface area contributed by atoms with E-state index in [-0.39, 0.29) is 22.2 Å². The lowest BCUT2D eigenvalue weighted by molar-refractivity contribution is 0.0894. The van der Waals surface area contributed by atoms with E-state index in [0.29, 0.717) is 18.4 Å². The van der Waals surface area contributed by atoms with Crippen LogP contribution < -0.4 is 0 Å². The molecule has 0 saturated carbocycles. The topological polar surface area (TPSA) is 51.2 Å². The van der Waals surface area contributed by atoms with E-state index < -0.39 is 9.84 Å². The second kappa shape index (κ2) is 5.41. The van der Waals surface area contributed by atoms with Crippen molar-refractivity contribution in [2.45, 2.75) is 42.6 Å². The maximum Gasteiger partial charge on any atom is 0.166 e. The Morgan fingerprint density at radius 3 is 2.19 bits per heavy atom. The van der Waals surface area contributed by atoms with E-state index in [4.69, 9.17) is 0 Å². The van der Waals surface area contributed by atoms with Crippen LogP contribution in [-0.4, -0.2) is 24.7 Å². The molecule has 1 aromatic rings. The zero-order valence-corrected chi connectivity index (χ0v) is 12.8. The molecule has 2 heterocycles. The molecule has 2 bridgehead atoms. The lowest BCUT2D eigenvalue weighted by Gasteiger charge is -2.38. The van der Waals surface area contributed by atoms with Crippen LogP contribution in [0.2, 0.25) is 0 Å². The summed E-state index contributed by atoms with van der Waals surface area (Å²) in [6.07, 6.45) is 5.16. The van der Waals surface area contributed by atoms with Gasteiger partial charge in [0.2, 0.25) is 0 Å². The molecular formula is C17H20O3S. The molecule has 0 spiro atoms. The predicted octanol–water partition coefficient (Wildman–Crippen LogP) is 3.26. The summed E-state index contributed by atoms with van der Waals surface area (Å²) < 4.78 is 24.5. The molecule has 2 atom stereocenters. The molecule has 2 aliphatic heterocycles. The Labute approximate surface area is 126 Å². The van der Waals surface area contributed by atoms with Gasteiger partial charge < -0.3 is 0 Å². The third kappa shape index (κ3) is 2.57. The second-order valence-electron chi connectivity index (χ2n) is 6.12. The van der Waals surface area contributed by atoms with Crippen molar-refractivity contribution < 1.29 is 13.2 Å². The third-order valence-corrected chi connectivity index (χ3v) is 7.59. The molecule has 2 aliphatic rings. The van der Waals surface area contributed by atoms with Crippen LogP contribution in [-0.2, 0) is 9.84 Å². The summed E-state index contributed by atoms with van der Waals surface area (Å²) in [6.45, 7) is 3.70. The standard InChI is InChI=1S/C17H20O3S/c1-2-12-6-8-13(9-7-12)17(18)14-10-15-4-3-5-16(11-14)21(15,19)20/h2,6-9,14-16H,1,3-5,10-11H2. The van der Waals surface area contributed by atoms with E-state index in [2.05, 4.69) is 6.58 Å². The number of sulfone groups is 1. The number of rotatable bonds is 3. The Morgan fingerprint density at radius 2 is 1.67 bits per heavy atom. The highest BCUT2D eigenvalue weighted by Gasteiger charge is 2.45. The number of hydrogen-bond acceptors (Lipinski definition) is 3. The van der Waals surface area contributed by atoms with Gasteiger partial charge in [0.1, 0.15) is 0 Å². The maximum atomic E-state index is 12.6. The predicted molar refractivity (Wildman–Crippen MR) is 83.9 cm³/mol. The number of ketones is 1. The number of Topliss-reactive ketones (excluding diaryl/α,β-unsaturated/α-hetero) is 1. The normalized spacial score (nSPS) is 30.6. The van der Waals surface area contributed by atoms with Gasteiger partial charge in [0, 0.05) is 11.5 Å². The van der Waals surface area contributed by atoms with Crippen molar-refractivity contribution in [3.8, 4) is 0 Å². The van der Waals surface area contributed by atoms with Gasteiger partial charge in [-0.05, 0) is 31.2 Å². The van der Waals surface area contributed by atoms with Gasteiger partial charge in [0.25, 0.3) is 0 Å². The van der Waals surface area contributed by atoms with Gasteiger partial charge in [-0.3, -0.25) is 4.79 Å². The van der Waals surface area contributed by atoms with Crippen LogP contribution in [0.3, 0.4) is 0 Å². The first-order valence-electron chi connectivity index (χ1n) is 7.52. The van der Waals surface area contributed by atoms with Crippen LogP contribution in [0.1, 0.15) is 48.0 Å². The van der Waals surface area contributed by atoms with Gasteiger partial charge in [0.15, 0.2) is 15.6 Å². The maximum absolute atomic E-state index is 12.6. The van der Waals surface area contributed by atoms with Crippen molar-refractivity contribution in [3.63, 3.8) is 0 Å². The van der Waals surface area contributed by atoms with E-state index in [1.165, 1.54) is 0 Å². The fourth-order valence-corrected chi connectivity index (χ4v) is 6.18. The Kier molecular flexibility index (Phi) is 3.74. The summed E-state index contributed by atoms with van der Waals surface area (Å²) in [4.78, 5) is 12.6. The van der Waals surface area contributed by atoms with Crippen LogP contribution in [0, 0.1) is 5.92 Å². The molecule has 2 fully saturated rings. The summed E-state index contributed by atoms with van der Waals surface area (Å²) in [5.74, 6) is -0.0455. The fourth-order valence-electron chi connectivity index (χ4n) is 3.64. The number of carbonyl (C=O) groups is 1. The van der Waals surface area contributed by atoms with E-state index in [1.807, 2.05) is 24.3 Å². The number of hydrogen-bond donors (Lipinski definition) is 0. The molecule has 0 radical (unpaired) electrons. The highest BCUT2D eigenvalue weighted by Crippen LogP contribution is 2.40. The van der Waals surface area contributed by atoms with Crippen molar-refractivity contribution >= 4 is 21.7 Å². The molecule has 112 valence electrons. The minimum atomic E-state index is -2.99. The van der Waals surface area contributed by atoms with Crippen LogP contribution in [0.5, 0.6) is 0 Å². The summed E-state index contributed by atoms with van der Waals surface area (Å²) in [5, 5.41) is -0.599. The zero-order valence-electron chi connectivity index (χ0n) is 12.0. The average Bonchev–Trinajstić information content (AvgIpc) is 2.45. The number of fused-ring (bicyclic) bond motifs is 2. The Balaban J connectivity index is 1.81. The van der Waals surface area contributed by atoms with Crippen LogP contribution >= 0.6 is 0 Å². The van der Waals surface area contributed by atoms with Crippen LogP contribution in [0.15, 0.2) is 30.8 Å². The van der Waals surface area contributed by atoms with Crippen LogP contribution in [0.25, 0.3) is 6.08 Å². The summed E-state index contributed by atoms with van der Waals surface area (Å²) in [5.41, 5.74) is 1.66. The molecular weight excluding hydrogens is 284 g/mol. The number of carbonyl (C=O) groups excluding carboxylic acids is 1. The molecule has 2 unspecified atom stereocenters. The molecule has 0 aliphatic carbocycles. The Morgan fingerprint density at radius 1 is 1.10 bits per heavy atom. The summed E-state index contributed by atoms with van der Waals surface area (Å²) in [6, 6.07) is 7.39. The molecule has 2 saturated heterocycles. The van der Waals surface area contributed by atoms with Crippen molar-refractivity contribution in [3.05, 3.63) is 42.0 Å². The van der Waals surface area contributed by atoms with Gasteiger partial charge in [0.05, 0.1) is 10.5 Å². The zero-order chi connectivity index (χ0) is 15.0. The van der Waals surface area contributed by atoms with E-state index >= 15 is 0 Å². The minimum Gasteiger partial charge on any atom is -0.294 e. The minimum absolute atomic E-state index is 0.0948. The molecule has 4 heteroatoms. The van der Waals surface area contributed by atoms with Crippen molar-refractivity contribution in [2.75, 3.05) is 0 Å². The molecule has 3 rings (SSSR count). The van der Waals surface area contributed by atoms with E-state index in [0.717, 1.165) is 24.8 Å². The van der Waals surface area contributed by atoms with E-state index in [1.54, 1.807) is 6.08 Å². The molecule has 0 N–H and O–H groups in total. The second-order valence-corrected chi connectivity index (χ2v) is 8.63. The third-order valence-electron chi connectivity index (χ3n) is 4.88. The van der Waals surface area contributed by atoms with Gasteiger partial charge >= 0.3 is 0 Å². The monoisotopic (exact) mass is 304 g/mol. The summed E-state index contributed by atoms with van der Waals surface area (Å²) >= 11 is 0. The fraction of sp³-hybridized carbons (Fsp3) is 0.471. The highest BCUT2D eigenvalue weighted by molar-refractivity contribution is 7.92.